The molecular weight excluding hydrogens is 410 g/mol. The summed E-state index contributed by atoms with van der Waals surface area (Å²) in [4.78, 5) is 58.7. The van der Waals surface area contributed by atoms with Crippen molar-refractivity contribution in [3.63, 3.8) is 0 Å². The van der Waals surface area contributed by atoms with Gasteiger partial charge < -0.3 is 37.6 Å². The number of nitrogens with two attached hydrogens (primary N) is 2. The molecule has 3 atom stereocenters. The van der Waals surface area contributed by atoms with E-state index in [2.05, 4.69) is 16.0 Å². The average Bonchev–Trinajstić information content (AvgIpc) is 2.69. The van der Waals surface area contributed by atoms with Crippen LogP contribution in [0.25, 0.3) is 0 Å². The quantitative estimate of drug-likeness (QED) is 0.189. The van der Waals surface area contributed by atoms with Crippen LogP contribution in [-0.2, 0) is 30.4 Å². The first-order valence-corrected chi connectivity index (χ1v) is 9.41. The minimum atomic E-state index is -1.39. The molecule has 170 valence electrons. The molecule has 1 aromatic carbocycles. The lowest BCUT2D eigenvalue weighted by Crippen LogP contribution is -2.54. The molecule has 0 fully saturated rings. The molecule has 0 spiro atoms. The molecule has 3 unspecified atom stereocenters. The number of phenolic OH excluding ortho intramolecular Hbond substituents is 1. The van der Waals surface area contributed by atoms with Crippen molar-refractivity contribution in [3.8, 4) is 5.75 Å². The molecule has 1 aromatic rings. The highest BCUT2D eigenvalue weighted by Crippen LogP contribution is 2.12. The number of hydrogen-bond donors (Lipinski definition) is 7. The van der Waals surface area contributed by atoms with Crippen LogP contribution in [0.3, 0.4) is 0 Å². The van der Waals surface area contributed by atoms with Gasteiger partial charge in [0.25, 0.3) is 0 Å². The molecule has 4 amide bonds. The Bertz CT molecular complexity index is 810. The van der Waals surface area contributed by atoms with Gasteiger partial charge in [-0.2, -0.15) is 0 Å². The minimum absolute atomic E-state index is 0.00444. The number of phenols is 1. The number of amides is 4. The molecule has 0 radical (unpaired) electrons. The summed E-state index contributed by atoms with van der Waals surface area (Å²) >= 11 is 0. The van der Waals surface area contributed by atoms with Gasteiger partial charge in [0.1, 0.15) is 17.8 Å². The molecule has 0 saturated carbocycles. The SMILES string of the molecule is CC(N)C(=O)NCC(=O)NC(Cc1ccc(O)cc1)C(=O)NC(CCC(N)=O)C(=O)O. The number of benzene rings is 1. The fraction of sp³-hybridized carbons (Fsp3) is 0.421. The van der Waals surface area contributed by atoms with Crippen molar-refractivity contribution >= 4 is 29.6 Å². The smallest absolute Gasteiger partial charge is 0.326 e. The maximum atomic E-state index is 12.7. The lowest BCUT2D eigenvalue weighted by molar-refractivity contribution is -0.142. The number of nitrogens with one attached hydrogen (secondary N) is 3. The Morgan fingerprint density at radius 3 is 2.13 bits per heavy atom. The zero-order chi connectivity index (χ0) is 23.6. The van der Waals surface area contributed by atoms with Crippen LogP contribution in [0.4, 0.5) is 0 Å². The Kier molecular flexibility index (Phi) is 9.92. The number of hydrogen-bond acceptors (Lipinski definition) is 7. The van der Waals surface area contributed by atoms with E-state index >= 15 is 0 Å². The van der Waals surface area contributed by atoms with E-state index in [1.165, 1.54) is 31.2 Å². The summed E-state index contributed by atoms with van der Waals surface area (Å²) in [6.45, 7) is 0.996. The van der Waals surface area contributed by atoms with E-state index in [1.807, 2.05) is 0 Å². The highest BCUT2D eigenvalue weighted by atomic mass is 16.4. The zero-order valence-electron chi connectivity index (χ0n) is 17.0. The predicted molar refractivity (Wildman–Crippen MR) is 108 cm³/mol. The molecule has 1 rings (SSSR count). The third-order valence-electron chi connectivity index (χ3n) is 4.16. The largest absolute Gasteiger partial charge is 0.508 e. The summed E-state index contributed by atoms with van der Waals surface area (Å²) in [6.07, 6.45) is -0.502. The Labute approximate surface area is 178 Å². The molecule has 31 heavy (non-hydrogen) atoms. The van der Waals surface area contributed by atoms with Crippen molar-refractivity contribution in [2.24, 2.45) is 11.5 Å². The first-order valence-electron chi connectivity index (χ1n) is 9.41. The zero-order valence-corrected chi connectivity index (χ0v) is 17.0. The lowest BCUT2D eigenvalue weighted by atomic mass is 10.0. The first kappa shape index (κ1) is 25.4. The Morgan fingerprint density at radius 1 is 1.00 bits per heavy atom. The second-order valence-electron chi connectivity index (χ2n) is 6.90. The summed E-state index contributed by atoms with van der Waals surface area (Å²) in [5.41, 5.74) is 11.0. The van der Waals surface area contributed by atoms with Gasteiger partial charge in [-0.3, -0.25) is 19.2 Å². The summed E-state index contributed by atoms with van der Waals surface area (Å²) in [5, 5.41) is 25.7. The van der Waals surface area contributed by atoms with Crippen LogP contribution in [0, 0.1) is 0 Å². The van der Waals surface area contributed by atoms with Crippen molar-refractivity contribution in [3.05, 3.63) is 29.8 Å². The van der Waals surface area contributed by atoms with Gasteiger partial charge in [0, 0.05) is 12.8 Å². The maximum absolute atomic E-state index is 12.7. The van der Waals surface area contributed by atoms with Gasteiger partial charge in [0.2, 0.25) is 23.6 Å². The van der Waals surface area contributed by atoms with Crippen LogP contribution in [0.1, 0.15) is 25.3 Å². The van der Waals surface area contributed by atoms with Crippen LogP contribution < -0.4 is 27.4 Å². The number of aliphatic carboxylic acids is 1. The summed E-state index contributed by atoms with van der Waals surface area (Å²) in [6, 6.07) is 2.43. The van der Waals surface area contributed by atoms with E-state index in [1.54, 1.807) is 0 Å². The Balaban J connectivity index is 2.91. The average molecular weight is 437 g/mol. The van der Waals surface area contributed by atoms with Crippen LogP contribution in [0.15, 0.2) is 24.3 Å². The van der Waals surface area contributed by atoms with Crippen LogP contribution in [0.5, 0.6) is 5.75 Å². The number of carboxylic acids is 1. The molecule has 0 aliphatic rings. The Morgan fingerprint density at radius 2 is 1.61 bits per heavy atom. The number of rotatable bonds is 12. The van der Waals surface area contributed by atoms with Crippen LogP contribution in [-0.4, -0.2) is 64.5 Å². The lowest BCUT2D eigenvalue weighted by Gasteiger charge is -2.22. The standard InChI is InChI=1S/C19H27N5O7/c1-10(20)17(28)22-9-16(27)23-14(8-11-2-4-12(25)5-3-11)18(29)24-13(19(30)31)6-7-15(21)26/h2-5,10,13-14,25H,6-9,20H2,1H3,(H2,21,26)(H,22,28)(H,23,27)(H,24,29)(H,30,31). The first-order chi connectivity index (χ1) is 14.5. The fourth-order valence-electron chi connectivity index (χ4n) is 2.47. The molecule has 0 bridgehead atoms. The maximum Gasteiger partial charge on any atom is 0.326 e. The normalized spacial score (nSPS) is 13.4. The predicted octanol–water partition coefficient (Wildman–Crippen LogP) is -2.28. The van der Waals surface area contributed by atoms with E-state index in [-0.39, 0.29) is 25.0 Å². The third-order valence-corrected chi connectivity index (χ3v) is 4.16. The summed E-state index contributed by atoms with van der Waals surface area (Å²) in [5.74, 6) is -4.15. The number of aromatic hydroxyl groups is 1. The van der Waals surface area contributed by atoms with Gasteiger partial charge in [-0.1, -0.05) is 12.1 Å². The highest BCUT2D eigenvalue weighted by Gasteiger charge is 2.27. The minimum Gasteiger partial charge on any atom is -0.508 e. The molecule has 0 aliphatic carbocycles. The Hall–Kier alpha value is -3.67. The van der Waals surface area contributed by atoms with E-state index < -0.39 is 54.3 Å². The van der Waals surface area contributed by atoms with E-state index in [0.717, 1.165) is 0 Å². The number of carbonyl (C=O) groups excluding carboxylic acids is 4. The molecule has 9 N–H and O–H groups in total. The molecular formula is C19H27N5O7. The topological polar surface area (TPSA) is 214 Å². The van der Waals surface area contributed by atoms with Gasteiger partial charge in [0.15, 0.2) is 0 Å². The van der Waals surface area contributed by atoms with Crippen molar-refractivity contribution in [1.29, 1.82) is 0 Å². The summed E-state index contributed by atoms with van der Waals surface area (Å²) < 4.78 is 0. The number of carboxylic acid groups (broad SMARTS) is 1. The van der Waals surface area contributed by atoms with Crippen molar-refractivity contribution in [2.45, 2.75) is 44.3 Å². The van der Waals surface area contributed by atoms with Crippen LogP contribution >= 0.6 is 0 Å². The molecule has 12 nitrogen and oxygen atoms in total. The van der Waals surface area contributed by atoms with Gasteiger partial charge >= 0.3 is 5.97 Å². The van der Waals surface area contributed by atoms with E-state index in [9.17, 15) is 34.2 Å². The molecule has 0 saturated heterocycles. The fourth-order valence-corrected chi connectivity index (χ4v) is 2.47. The molecule has 0 heterocycles. The van der Waals surface area contributed by atoms with Crippen LogP contribution in [0.2, 0.25) is 0 Å². The molecule has 12 heteroatoms. The van der Waals surface area contributed by atoms with Gasteiger partial charge in [-0.15, -0.1) is 0 Å². The second kappa shape index (κ2) is 12.1. The van der Waals surface area contributed by atoms with Gasteiger partial charge in [-0.25, -0.2) is 4.79 Å². The third kappa shape index (κ3) is 9.58. The monoisotopic (exact) mass is 437 g/mol. The molecule has 0 aromatic heterocycles. The number of carbonyl (C=O) groups is 5. The highest BCUT2D eigenvalue weighted by molar-refractivity contribution is 5.92. The van der Waals surface area contributed by atoms with Crippen molar-refractivity contribution < 1.29 is 34.2 Å². The number of primary amides is 1. The molecule has 0 aliphatic heterocycles. The van der Waals surface area contributed by atoms with E-state index in [4.69, 9.17) is 11.5 Å². The van der Waals surface area contributed by atoms with Crippen molar-refractivity contribution in [2.75, 3.05) is 6.54 Å². The van der Waals surface area contributed by atoms with E-state index in [0.29, 0.717) is 5.56 Å². The summed E-state index contributed by atoms with van der Waals surface area (Å²) in [7, 11) is 0. The second-order valence-corrected chi connectivity index (χ2v) is 6.90. The van der Waals surface area contributed by atoms with Crippen molar-refractivity contribution in [1.82, 2.24) is 16.0 Å². The van der Waals surface area contributed by atoms with Gasteiger partial charge in [-0.05, 0) is 31.0 Å². The van der Waals surface area contributed by atoms with Gasteiger partial charge in [0.05, 0.1) is 12.6 Å².